The van der Waals surface area contributed by atoms with Gasteiger partial charge in [-0.05, 0) is 26.4 Å². The van der Waals surface area contributed by atoms with Crippen molar-refractivity contribution in [1.82, 2.24) is 4.90 Å². The van der Waals surface area contributed by atoms with E-state index in [9.17, 15) is 4.79 Å². The molecule has 0 aromatic heterocycles. The van der Waals surface area contributed by atoms with Crippen LogP contribution in [0.2, 0.25) is 0 Å². The molecule has 1 saturated carbocycles. The molecule has 0 heterocycles. The van der Waals surface area contributed by atoms with Crippen LogP contribution >= 0.6 is 0 Å². The number of nitrogens with zero attached hydrogens (tertiary/aromatic N) is 1. The molecule has 0 aromatic rings. The molecule has 0 aromatic carbocycles. The van der Waals surface area contributed by atoms with Gasteiger partial charge in [0.05, 0.1) is 0 Å². The van der Waals surface area contributed by atoms with Gasteiger partial charge in [-0.2, -0.15) is 0 Å². The van der Waals surface area contributed by atoms with Crippen LogP contribution < -0.4 is 0 Å². The highest BCUT2D eigenvalue weighted by Crippen LogP contribution is 2.34. The van der Waals surface area contributed by atoms with Crippen molar-refractivity contribution in [3.05, 3.63) is 0 Å². The van der Waals surface area contributed by atoms with E-state index >= 15 is 0 Å². The standard InChI is InChI=1S/C8H15NO2/c1-9(2)7(8(10)11)5-6-3-4-6/h6-7H,3-5H2,1-2H3,(H,10,11). The molecule has 1 aliphatic carbocycles. The molecular formula is C8H15NO2. The summed E-state index contributed by atoms with van der Waals surface area (Å²) in [6.45, 7) is 0. The van der Waals surface area contributed by atoms with Gasteiger partial charge >= 0.3 is 5.97 Å². The lowest BCUT2D eigenvalue weighted by Crippen LogP contribution is -2.35. The van der Waals surface area contributed by atoms with Gasteiger partial charge in [-0.15, -0.1) is 0 Å². The maximum atomic E-state index is 10.7. The molecule has 0 bridgehead atoms. The van der Waals surface area contributed by atoms with E-state index in [0.717, 1.165) is 6.42 Å². The predicted octanol–water partition coefficient (Wildman–Crippen LogP) is 0.801. The Balaban J connectivity index is 2.37. The average Bonchev–Trinajstić information content (AvgIpc) is 2.63. The van der Waals surface area contributed by atoms with E-state index in [1.807, 2.05) is 14.1 Å². The fourth-order valence-corrected chi connectivity index (χ4v) is 1.20. The van der Waals surface area contributed by atoms with Crippen LogP contribution in [-0.2, 0) is 4.79 Å². The number of hydrogen-bond donors (Lipinski definition) is 1. The number of carboxylic acids is 1. The lowest BCUT2D eigenvalue weighted by atomic mass is 10.1. The van der Waals surface area contributed by atoms with Crippen LogP contribution in [0.15, 0.2) is 0 Å². The zero-order valence-electron chi connectivity index (χ0n) is 7.08. The molecule has 64 valence electrons. The topological polar surface area (TPSA) is 40.5 Å². The van der Waals surface area contributed by atoms with E-state index in [-0.39, 0.29) is 6.04 Å². The Morgan fingerprint density at radius 3 is 2.45 bits per heavy atom. The Hall–Kier alpha value is -0.570. The molecule has 1 rings (SSSR count). The number of hydrogen-bond acceptors (Lipinski definition) is 2. The number of rotatable bonds is 4. The first kappa shape index (κ1) is 8.53. The van der Waals surface area contributed by atoms with Crippen LogP contribution in [0, 0.1) is 5.92 Å². The molecule has 3 nitrogen and oxygen atoms in total. The normalized spacial score (nSPS) is 20.3. The second-order valence-corrected chi connectivity index (χ2v) is 3.50. The predicted molar refractivity (Wildman–Crippen MR) is 42.5 cm³/mol. The fourth-order valence-electron chi connectivity index (χ4n) is 1.20. The molecule has 1 fully saturated rings. The van der Waals surface area contributed by atoms with Gasteiger partial charge in [0, 0.05) is 0 Å². The Morgan fingerprint density at radius 2 is 2.18 bits per heavy atom. The van der Waals surface area contributed by atoms with Crippen molar-refractivity contribution in [2.45, 2.75) is 25.3 Å². The smallest absolute Gasteiger partial charge is 0.320 e. The SMILES string of the molecule is CN(C)C(CC1CC1)C(=O)O. The monoisotopic (exact) mass is 157 g/mol. The van der Waals surface area contributed by atoms with E-state index in [1.165, 1.54) is 12.8 Å². The minimum Gasteiger partial charge on any atom is -0.480 e. The molecule has 1 unspecified atom stereocenters. The number of carboxylic acid groups (broad SMARTS) is 1. The lowest BCUT2D eigenvalue weighted by Gasteiger charge is -2.19. The third-order valence-corrected chi connectivity index (χ3v) is 2.16. The summed E-state index contributed by atoms with van der Waals surface area (Å²) in [4.78, 5) is 12.4. The summed E-state index contributed by atoms with van der Waals surface area (Å²) in [6, 6.07) is -0.275. The van der Waals surface area contributed by atoms with Crippen LogP contribution in [0.25, 0.3) is 0 Å². The van der Waals surface area contributed by atoms with Crippen molar-refractivity contribution < 1.29 is 9.90 Å². The van der Waals surface area contributed by atoms with Crippen molar-refractivity contribution >= 4 is 5.97 Å². The molecular weight excluding hydrogens is 142 g/mol. The van der Waals surface area contributed by atoms with Crippen LogP contribution in [0.3, 0.4) is 0 Å². The Labute approximate surface area is 67.0 Å². The summed E-state index contributed by atoms with van der Waals surface area (Å²) >= 11 is 0. The van der Waals surface area contributed by atoms with E-state index in [1.54, 1.807) is 4.90 Å². The first-order valence-electron chi connectivity index (χ1n) is 4.00. The van der Waals surface area contributed by atoms with Gasteiger partial charge < -0.3 is 5.11 Å². The molecule has 0 spiro atoms. The Bertz CT molecular complexity index is 152. The summed E-state index contributed by atoms with van der Waals surface area (Å²) in [6.07, 6.45) is 3.26. The molecule has 0 saturated heterocycles. The largest absolute Gasteiger partial charge is 0.480 e. The number of aliphatic carboxylic acids is 1. The van der Waals surface area contributed by atoms with Gasteiger partial charge in [-0.3, -0.25) is 9.69 Å². The first-order chi connectivity index (χ1) is 5.11. The van der Waals surface area contributed by atoms with E-state index in [2.05, 4.69) is 0 Å². The van der Waals surface area contributed by atoms with Gasteiger partial charge in [-0.25, -0.2) is 0 Å². The van der Waals surface area contributed by atoms with Gasteiger partial charge in [0.2, 0.25) is 0 Å². The van der Waals surface area contributed by atoms with E-state index < -0.39 is 5.97 Å². The summed E-state index contributed by atoms with van der Waals surface area (Å²) in [5.74, 6) is -0.0135. The molecule has 0 radical (unpaired) electrons. The van der Waals surface area contributed by atoms with Crippen molar-refractivity contribution in [2.75, 3.05) is 14.1 Å². The van der Waals surface area contributed by atoms with Crippen LogP contribution in [0.1, 0.15) is 19.3 Å². The molecule has 11 heavy (non-hydrogen) atoms. The quantitative estimate of drug-likeness (QED) is 0.656. The fraction of sp³-hybridized carbons (Fsp3) is 0.875. The second kappa shape index (κ2) is 3.22. The molecule has 1 aliphatic rings. The summed E-state index contributed by atoms with van der Waals surface area (Å²) < 4.78 is 0. The number of carbonyl (C=O) groups is 1. The summed E-state index contributed by atoms with van der Waals surface area (Å²) in [5.41, 5.74) is 0. The summed E-state index contributed by atoms with van der Waals surface area (Å²) in [5, 5.41) is 8.78. The van der Waals surface area contributed by atoms with Crippen molar-refractivity contribution in [1.29, 1.82) is 0 Å². The van der Waals surface area contributed by atoms with Gasteiger partial charge in [0.15, 0.2) is 0 Å². The van der Waals surface area contributed by atoms with Crippen molar-refractivity contribution in [3.63, 3.8) is 0 Å². The Morgan fingerprint density at radius 1 is 1.64 bits per heavy atom. The van der Waals surface area contributed by atoms with Crippen LogP contribution in [0.4, 0.5) is 0 Å². The number of likely N-dealkylation sites (N-methyl/N-ethyl adjacent to an activating group) is 1. The highest BCUT2D eigenvalue weighted by molar-refractivity contribution is 5.73. The van der Waals surface area contributed by atoms with Crippen molar-refractivity contribution in [2.24, 2.45) is 5.92 Å². The zero-order chi connectivity index (χ0) is 8.43. The van der Waals surface area contributed by atoms with Crippen LogP contribution in [0.5, 0.6) is 0 Å². The van der Waals surface area contributed by atoms with Gasteiger partial charge in [-0.1, -0.05) is 12.8 Å². The molecule has 0 amide bonds. The molecule has 3 heteroatoms. The third-order valence-electron chi connectivity index (χ3n) is 2.16. The summed E-state index contributed by atoms with van der Waals surface area (Å²) in [7, 11) is 3.64. The van der Waals surface area contributed by atoms with E-state index in [0.29, 0.717) is 5.92 Å². The zero-order valence-corrected chi connectivity index (χ0v) is 7.08. The van der Waals surface area contributed by atoms with E-state index in [4.69, 9.17) is 5.11 Å². The maximum Gasteiger partial charge on any atom is 0.320 e. The molecule has 0 aliphatic heterocycles. The van der Waals surface area contributed by atoms with Crippen LogP contribution in [-0.4, -0.2) is 36.1 Å². The average molecular weight is 157 g/mol. The highest BCUT2D eigenvalue weighted by Gasteiger charge is 2.30. The second-order valence-electron chi connectivity index (χ2n) is 3.50. The van der Waals surface area contributed by atoms with Gasteiger partial charge in [0.25, 0.3) is 0 Å². The Kier molecular flexibility index (Phi) is 2.49. The molecule has 1 atom stereocenters. The third kappa shape index (κ3) is 2.50. The maximum absolute atomic E-state index is 10.7. The van der Waals surface area contributed by atoms with Gasteiger partial charge in [0.1, 0.15) is 6.04 Å². The molecule has 1 N–H and O–H groups in total. The lowest BCUT2D eigenvalue weighted by molar-refractivity contribution is -0.142. The minimum absolute atomic E-state index is 0.275. The minimum atomic E-state index is -0.693. The highest BCUT2D eigenvalue weighted by atomic mass is 16.4. The first-order valence-corrected chi connectivity index (χ1v) is 4.00. The van der Waals surface area contributed by atoms with Crippen molar-refractivity contribution in [3.8, 4) is 0 Å².